The summed E-state index contributed by atoms with van der Waals surface area (Å²) in [4.78, 5) is 12.7. The molecular formula is C22H26ClFN2O3S2. The summed E-state index contributed by atoms with van der Waals surface area (Å²) in [7, 11) is -3.53. The topological polar surface area (TPSA) is 66.5 Å². The van der Waals surface area contributed by atoms with E-state index in [2.05, 4.69) is 5.32 Å². The van der Waals surface area contributed by atoms with Gasteiger partial charge in [0.2, 0.25) is 15.9 Å². The first-order chi connectivity index (χ1) is 14.8. The van der Waals surface area contributed by atoms with Crippen LogP contribution < -0.4 is 5.32 Å². The van der Waals surface area contributed by atoms with E-state index in [-0.39, 0.29) is 22.5 Å². The van der Waals surface area contributed by atoms with Gasteiger partial charge in [-0.2, -0.15) is 16.1 Å². The molecule has 5 nitrogen and oxygen atoms in total. The van der Waals surface area contributed by atoms with Gasteiger partial charge in [-0.1, -0.05) is 35.4 Å². The van der Waals surface area contributed by atoms with Gasteiger partial charge in [0.05, 0.1) is 4.90 Å². The van der Waals surface area contributed by atoms with Gasteiger partial charge >= 0.3 is 0 Å². The smallest absolute Gasteiger partial charge is 0.243 e. The number of nitrogens with zero attached hydrogens (tertiary/aromatic N) is 1. The molecule has 1 aliphatic rings. The molecule has 0 aromatic heterocycles. The molecule has 1 aliphatic heterocycles. The van der Waals surface area contributed by atoms with Gasteiger partial charge in [-0.3, -0.25) is 4.79 Å². The third-order valence-corrected chi connectivity index (χ3v) is 8.59. The van der Waals surface area contributed by atoms with Gasteiger partial charge in [0.15, 0.2) is 0 Å². The Bertz CT molecular complexity index is 988. The number of aryl methyl sites for hydroxylation is 1. The van der Waals surface area contributed by atoms with Crippen molar-refractivity contribution in [3.05, 3.63) is 64.4 Å². The minimum Gasteiger partial charge on any atom is -0.355 e. The third kappa shape index (κ3) is 6.22. The molecule has 0 spiro atoms. The van der Waals surface area contributed by atoms with E-state index in [0.29, 0.717) is 54.6 Å². The summed E-state index contributed by atoms with van der Waals surface area (Å²) in [6, 6.07) is 11.4. The van der Waals surface area contributed by atoms with E-state index >= 15 is 0 Å². The number of carbonyl (C=O) groups excluding carboxylic acids is 1. The van der Waals surface area contributed by atoms with Crippen molar-refractivity contribution in [2.45, 2.75) is 30.4 Å². The Morgan fingerprint density at radius 1 is 1.19 bits per heavy atom. The molecule has 1 amide bonds. The van der Waals surface area contributed by atoms with Crippen molar-refractivity contribution in [1.82, 2.24) is 9.62 Å². The summed E-state index contributed by atoms with van der Waals surface area (Å²) in [5.74, 6) is 0.497. The van der Waals surface area contributed by atoms with Crippen LogP contribution in [-0.4, -0.2) is 44.0 Å². The monoisotopic (exact) mass is 484 g/mol. The molecule has 0 saturated carbocycles. The first-order valence-electron chi connectivity index (χ1n) is 10.1. The van der Waals surface area contributed by atoms with Gasteiger partial charge < -0.3 is 5.32 Å². The lowest BCUT2D eigenvalue weighted by atomic mass is 9.97. The molecule has 2 aromatic rings. The van der Waals surface area contributed by atoms with E-state index in [1.807, 2.05) is 6.92 Å². The van der Waals surface area contributed by atoms with E-state index in [4.69, 9.17) is 11.6 Å². The van der Waals surface area contributed by atoms with Gasteiger partial charge in [-0.05, 0) is 44.0 Å². The number of hydrogen-bond donors (Lipinski definition) is 1. The summed E-state index contributed by atoms with van der Waals surface area (Å²) in [6.45, 7) is 3.04. The predicted octanol–water partition coefficient (Wildman–Crippen LogP) is 4.24. The zero-order valence-corrected chi connectivity index (χ0v) is 19.7. The number of benzene rings is 2. The van der Waals surface area contributed by atoms with E-state index in [0.717, 1.165) is 5.56 Å². The van der Waals surface area contributed by atoms with Crippen molar-refractivity contribution < 1.29 is 17.6 Å². The maximum Gasteiger partial charge on any atom is 0.243 e. The number of sulfonamides is 1. The maximum atomic E-state index is 13.8. The average Bonchev–Trinajstić information content (AvgIpc) is 2.75. The molecule has 31 heavy (non-hydrogen) atoms. The molecule has 0 atom stereocenters. The number of nitrogens with one attached hydrogen (secondary N) is 1. The van der Waals surface area contributed by atoms with E-state index in [1.54, 1.807) is 36.4 Å². The molecule has 1 heterocycles. The first-order valence-corrected chi connectivity index (χ1v) is 13.1. The molecular weight excluding hydrogens is 459 g/mol. The lowest BCUT2D eigenvalue weighted by Crippen LogP contribution is -2.43. The summed E-state index contributed by atoms with van der Waals surface area (Å²) < 4.78 is 40.8. The third-order valence-electron chi connectivity index (χ3n) is 5.34. The highest BCUT2D eigenvalue weighted by molar-refractivity contribution is 7.98. The van der Waals surface area contributed by atoms with Crippen LogP contribution in [0.3, 0.4) is 0 Å². The minimum atomic E-state index is -3.53. The molecule has 1 saturated heterocycles. The fraction of sp³-hybridized carbons (Fsp3) is 0.409. The molecule has 2 aromatic carbocycles. The highest BCUT2D eigenvalue weighted by Crippen LogP contribution is 2.25. The molecule has 0 unspecified atom stereocenters. The fourth-order valence-electron chi connectivity index (χ4n) is 3.45. The quantitative estimate of drug-likeness (QED) is 0.569. The summed E-state index contributed by atoms with van der Waals surface area (Å²) >= 11 is 7.51. The molecule has 1 fully saturated rings. The fourth-order valence-corrected chi connectivity index (χ4v) is 6.12. The van der Waals surface area contributed by atoms with Crippen LogP contribution in [0.1, 0.15) is 24.0 Å². The highest BCUT2D eigenvalue weighted by atomic mass is 35.5. The second-order valence-electron chi connectivity index (χ2n) is 7.54. The van der Waals surface area contributed by atoms with Crippen LogP contribution in [0, 0.1) is 18.7 Å². The molecule has 9 heteroatoms. The lowest BCUT2D eigenvalue weighted by molar-refractivity contribution is -0.125. The van der Waals surface area contributed by atoms with Gasteiger partial charge in [-0.15, -0.1) is 0 Å². The van der Waals surface area contributed by atoms with Crippen LogP contribution in [0.15, 0.2) is 47.4 Å². The second kappa shape index (κ2) is 10.8. The normalized spacial score (nSPS) is 15.7. The molecule has 168 valence electrons. The van der Waals surface area contributed by atoms with Crippen LogP contribution in [0.4, 0.5) is 4.39 Å². The van der Waals surface area contributed by atoms with Gasteiger partial charge in [0, 0.05) is 47.6 Å². The lowest BCUT2D eigenvalue weighted by Gasteiger charge is -2.30. The zero-order valence-electron chi connectivity index (χ0n) is 17.3. The Hall–Kier alpha value is -1.61. The van der Waals surface area contributed by atoms with E-state index in [9.17, 15) is 17.6 Å². The summed E-state index contributed by atoms with van der Waals surface area (Å²) in [5.41, 5.74) is 1.48. The van der Waals surface area contributed by atoms with Crippen molar-refractivity contribution in [3.8, 4) is 0 Å². The van der Waals surface area contributed by atoms with Crippen LogP contribution >= 0.6 is 23.4 Å². The van der Waals surface area contributed by atoms with Crippen molar-refractivity contribution >= 4 is 39.3 Å². The van der Waals surface area contributed by atoms with Crippen LogP contribution in [0.2, 0.25) is 5.02 Å². The Kier molecular flexibility index (Phi) is 8.38. The average molecular weight is 485 g/mol. The Morgan fingerprint density at radius 2 is 1.87 bits per heavy atom. The number of piperidine rings is 1. The first kappa shape index (κ1) is 24.0. The van der Waals surface area contributed by atoms with Crippen molar-refractivity contribution in [3.63, 3.8) is 0 Å². The number of halogens is 2. The van der Waals surface area contributed by atoms with Crippen LogP contribution in [0.25, 0.3) is 0 Å². The minimum absolute atomic E-state index is 0.0584. The number of hydrogen-bond acceptors (Lipinski definition) is 4. The number of rotatable bonds is 8. The number of amides is 1. The van der Waals surface area contributed by atoms with Gasteiger partial charge in [-0.25, -0.2) is 12.8 Å². The summed E-state index contributed by atoms with van der Waals surface area (Å²) in [5, 5.41) is 3.31. The van der Waals surface area contributed by atoms with Gasteiger partial charge in [0.1, 0.15) is 5.82 Å². The Balaban J connectivity index is 1.40. The van der Waals surface area contributed by atoms with Crippen molar-refractivity contribution in [1.29, 1.82) is 0 Å². The largest absolute Gasteiger partial charge is 0.355 e. The van der Waals surface area contributed by atoms with Crippen molar-refractivity contribution in [2.24, 2.45) is 5.92 Å². The second-order valence-corrected chi connectivity index (χ2v) is 11.0. The standard InChI is InChI=1S/C22H26ClFN2O3S2/c1-16-5-7-18(8-6-16)31(28,29)26-12-9-17(10-13-26)22(27)25-11-14-30-15-19-20(23)3-2-4-21(19)24/h2-8,17H,9-15H2,1H3,(H,25,27). The number of carbonyl (C=O) groups is 1. The number of thioether (sulfide) groups is 1. The molecule has 3 rings (SSSR count). The molecule has 1 N–H and O–H groups in total. The Labute approximate surface area is 192 Å². The predicted molar refractivity (Wildman–Crippen MR) is 123 cm³/mol. The Morgan fingerprint density at radius 3 is 2.52 bits per heavy atom. The van der Waals surface area contributed by atoms with Gasteiger partial charge in [0.25, 0.3) is 0 Å². The van der Waals surface area contributed by atoms with Crippen molar-refractivity contribution in [2.75, 3.05) is 25.4 Å². The van der Waals surface area contributed by atoms with Crippen LogP contribution in [-0.2, 0) is 20.6 Å². The molecule has 0 aliphatic carbocycles. The SMILES string of the molecule is Cc1ccc(S(=O)(=O)N2CCC(C(=O)NCCSCc3c(F)cccc3Cl)CC2)cc1. The van der Waals surface area contributed by atoms with Crippen LogP contribution in [0.5, 0.6) is 0 Å². The highest BCUT2D eigenvalue weighted by Gasteiger charge is 2.31. The van der Waals surface area contributed by atoms with E-state index < -0.39 is 10.0 Å². The maximum absolute atomic E-state index is 13.8. The zero-order chi connectivity index (χ0) is 22.4. The molecule has 0 radical (unpaired) electrons. The molecule has 0 bridgehead atoms. The van der Waals surface area contributed by atoms with E-state index in [1.165, 1.54) is 22.1 Å². The summed E-state index contributed by atoms with van der Waals surface area (Å²) in [6.07, 6.45) is 0.990.